The Labute approximate surface area is 400 Å². The highest BCUT2D eigenvalue weighted by molar-refractivity contribution is 5.18. The average molecular weight is 923 g/mol. The Morgan fingerprint density at radius 3 is 1.12 bits per heavy atom. The summed E-state index contributed by atoms with van der Waals surface area (Å²) in [5.41, 5.74) is 5.75. The van der Waals surface area contributed by atoms with Crippen LogP contribution < -0.4 is 0 Å². The first kappa shape index (κ1) is 49.1. The average Bonchev–Trinajstić information content (AvgIpc) is 3.40. The van der Waals surface area contributed by atoms with E-state index in [1.807, 2.05) is 182 Å². The Kier molecular flexibility index (Phi) is 19.0. The van der Waals surface area contributed by atoms with Crippen molar-refractivity contribution in [2.45, 2.75) is 101 Å². The normalized spacial score (nSPS) is 24.9. The summed E-state index contributed by atoms with van der Waals surface area (Å²) in [5, 5.41) is 11.2. The van der Waals surface area contributed by atoms with Crippen LogP contribution in [0, 0.1) is 0 Å². The molecular weight excluding hydrogens is 861 g/mol. The van der Waals surface area contributed by atoms with Crippen molar-refractivity contribution in [3.8, 4) is 0 Å². The molecule has 2 fully saturated rings. The van der Waals surface area contributed by atoms with Gasteiger partial charge in [-0.05, 0) is 33.4 Å². The van der Waals surface area contributed by atoms with Crippen LogP contribution in [0.4, 0.5) is 0 Å². The minimum absolute atomic E-state index is 0.0898. The summed E-state index contributed by atoms with van der Waals surface area (Å²) in [6, 6.07) is 59.5. The predicted octanol–water partition coefficient (Wildman–Crippen LogP) is 9.16. The molecule has 6 aromatic rings. The molecule has 1 unspecified atom stereocenters. The molecule has 2 aliphatic rings. The van der Waals surface area contributed by atoms with Crippen LogP contribution in [0.5, 0.6) is 0 Å². The van der Waals surface area contributed by atoms with Gasteiger partial charge in [0.2, 0.25) is 0 Å². The van der Waals surface area contributed by atoms with Crippen molar-refractivity contribution >= 4 is 0 Å². The highest BCUT2D eigenvalue weighted by atomic mass is 16.8. The molecule has 1 N–H and O–H groups in total. The fourth-order valence-corrected chi connectivity index (χ4v) is 8.40. The van der Waals surface area contributed by atoms with Crippen molar-refractivity contribution in [1.29, 1.82) is 0 Å². The maximum Gasteiger partial charge on any atom is 0.187 e. The number of benzene rings is 6. The third kappa shape index (κ3) is 14.1. The molecule has 8 rings (SSSR count). The van der Waals surface area contributed by atoms with Gasteiger partial charge in [0.15, 0.2) is 12.6 Å². The topological polar surface area (TPSA) is 113 Å². The first-order valence-electron chi connectivity index (χ1n) is 23.3. The van der Waals surface area contributed by atoms with Gasteiger partial charge in [0, 0.05) is 0 Å². The first-order chi connectivity index (χ1) is 33.6. The molecule has 6 aromatic carbocycles. The van der Waals surface area contributed by atoms with E-state index in [0.717, 1.165) is 33.4 Å². The molecule has 2 saturated heterocycles. The lowest BCUT2D eigenvalue weighted by molar-refractivity contribution is -0.376. The number of hydrogen-bond donors (Lipinski definition) is 1. The van der Waals surface area contributed by atoms with Gasteiger partial charge in [0.1, 0.15) is 48.8 Å². The van der Waals surface area contributed by atoms with Gasteiger partial charge in [0.25, 0.3) is 0 Å². The van der Waals surface area contributed by atoms with Crippen molar-refractivity contribution in [2.75, 3.05) is 19.8 Å². The van der Waals surface area contributed by atoms with E-state index >= 15 is 0 Å². The number of ether oxygens (including phenoxy) is 10. The molecule has 0 saturated carbocycles. The Morgan fingerprint density at radius 2 is 0.721 bits per heavy atom. The molecule has 356 valence electrons. The van der Waals surface area contributed by atoms with E-state index in [-0.39, 0.29) is 46.2 Å². The Morgan fingerprint density at radius 1 is 0.382 bits per heavy atom. The lowest BCUT2D eigenvalue weighted by Gasteiger charge is -2.50. The van der Waals surface area contributed by atoms with Gasteiger partial charge in [-0.3, -0.25) is 0 Å². The van der Waals surface area contributed by atoms with Crippen LogP contribution in [0.1, 0.15) is 33.4 Å². The molecule has 0 radical (unpaired) electrons. The number of aliphatic hydroxyl groups is 1. The molecule has 68 heavy (non-hydrogen) atoms. The van der Waals surface area contributed by atoms with Gasteiger partial charge >= 0.3 is 0 Å². The van der Waals surface area contributed by atoms with Crippen LogP contribution in [0.2, 0.25) is 0 Å². The molecule has 0 spiro atoms. The van der Waals surface area contributed by atoms with E-state index < -0.39 is 68.0 Å². The highest BCUT2D eigenvalue weighted by Gasteiger charge is 2.54. The summed E-state index contributed by atoms with van der Waals surface area (Å²) < 4.78 is 68.3. The van der Waals surface area contributed by atoms with Gasteiger partial charge in [-0.1, -0.05) is 188 Å². The fourth-order valence-electron chi connectivity index (χ4n) is 8.40. The van der Waals surface area contributed by atoms with Crippen LogP contribution >= 0.6 is 0 Å². The molecular formula is C57H62O11. The molecule has 10 atom stereocenters. The Bertz CT molecular complexity index is 2290. The highest BCUT2D eigenvalue weighted by Crippen LogP contribution is 2.37. The quantitative estimate of drug-likeness (QED) is 0.0555. The number of aliphatic hydroxyl groups excluding tert-OH is 1. The van der Waals surface area contributed by atoms with E-state index in [1.165, 1.54) is 0 Å². The van der Waals surface area contributed by atoms with Crippen molar-refractivity contribution in [3.63, 3.8) is 0 Å². The summed E-state index contributed by atoms with van der Waals surface area (Å²) in [4.78, 5) is 0. The van der Waals surface area contributed by atoms with E-state index in [2.05, 4.69) is 6.58 Å². The first-order valence-corrected chi connectivity index (χ1v) is 23.3. The molecule has 11 heteroatoms. The van der Waals surface area contributed by atoms with E-state index in [9.17, 15) is 5.11 Å². The van der Waals surface area contributed by atoms with E-state index in [0.29, 0.717) is 6.61 Å². The third-order valence-electron chi connectivity index (χ3n) is 11.9. The molecule has 2 aliphatic heterocycles. The molecule has 0 bridgehead atoms. The Hall–Kier alpha value is -5.38. The lowest BCUT2D eigenvalue weighted by atomic mass is 9.95. The van der Waals surface area contributed by atoms with Crippen molar-refractivity contribution in [3.05, 3.63) is 228 Å². The fraction of sp³-hybridized carbons (Fsp3) is 0.333. The predicted molar refractivity (Wildman–Crippen MR) is 257 cm³/mol. The standard InChI is InChI=1S/C57H62O11/c1-2-33-60-56-54(64-39-46-29-17-7-18-30-46)53(63-38-45-27-15-6-16-28-45)51(49(67-56)41-59-35-42-21-9-3-10-22-42)68-57-55(65-40-47-31-19-8-20-32-47)52(62-37-44-25-13-5-14-26-44)50(48(34-58)66-57)61-36-43-23-11-4-12-24-43/h2-32,48-58H,1,33-41H2/t48-,49-,50-,51-,52+,53+,54-,55-,56?,57+/m1/s1. The van der Waals surface area contributed by atoms with Gasteiger partial charge in [-0.15, -0.1) is 6.58 Å². The van der Waals surface area contributed by atoms with Gasteiger partial charge in [0.05, 0.1) is 59.5 Å². The second kappa shape index (κ2) is 26.4. The largest absolute Gasteiger partial charge is 0.394 e. The molecule has 0 amide bonds. The lowest BCUT2D eigenvalue weighted by Crippen LogP contribution is -2.66. The zero-order chi connectivity index (χ0) is 46.6. The van der Waals surface area contributed by atoms with Crippen molar-refractivity contribution < 1.29 is 52.5 Å². The van der Waals surface area contributed by atoms with Crippen LogP contribution in [0.15, 0.2) is 195 Å². The monoisotopic (exact) mass is 922 g/mol. The smallest absolute Gasteiger partial charge is 0.187 e. The Balaban J connectivity index is 1.18. The second-order valence-corrected chi connectivity index (χ2v) is 16.8. The van der Waals surface area contributed by atoms with Crippen molar-refractivity contribution in [2.24, 2.45) is 0 Å². The number of rotatable bonds is 25. The minimum Gasteiger partial charge on any atom is -0.394 e. The van der Waals surface area contributed by atoms with Crippen LogP contribution in [-0.2, 0) is 87.0 Å². The maximum absolute atomic E-state index is 11.2. The molecule has 11 nitrogen and oxygen atoms in total. The maximum atomic E-state index is 11.2. The van der Waals surface area contributed by atoms with Gasteiger partial charge in [-0.2, -0.15) is 0 Å². The van der Waals surface area contributed by atoms with Crippen molar-refractivity contribution in [1.82, 2.24) is 0 Å². The molecule has 0 aromatic heterocycles. The third-order valence-corrected chi connectivity index (χ3v) is 11.9. The van der Waals surface area contributed by atoms with E-state index in [1.54, 1.807) is 6.08 Å². The van der Waals surface area contributed by atoms with Crippen LogP contribution in [0.25, 0.3) is 0 Å². The van der Waals surface area contributed by atoms with Gasteiger partial charge < -0.3 is 52.5 Å². The molecule has 2 heterocycles. The summed E-state index contributed by atoms with van der Waals surface area (Å²) in [6.45, 7) is 5.26. The summed E-state index contributed by atoms with van der Waals surface area (Å²) in [5.74, 6) is 0. The summed E-state index contributed by atoms with van der Waals surface area (Å²) in [6.07, 6.45) is -7.10. The zero-order valence-corrected chi connectivity index (χ0v) is 38.3. The van der Waals surface area contributed by atoms with Crippen LogP contribution in [0.3, 0.4) is 0 Å². The second-order valence-electron chi connectivity index (χ2n) is 16.8. The minimum atomic E-state index is -1.15. The van der Waals surface area contributed by atoms with Crippen LogP contribution in [-0.4, -0.2) is 86.3 Å². The summed E-state index contributed by atoms with van der Waals surface area (Å²) >= 11 is 0. The number of hydrogen-bond acceptors (Lipinski definition) is 11. The SMILES string of the molecule is C=CCOC1O[C@H](COCc2ccccc2)[C@@H](O[C@@H]2O[C@H](CO)[C@@H](OCc3ccccc3)[C@H](OCc3ccccc3)[C@H]2OCc2ccccc2)[C@H](OCc2ccccc2)[C@H]1OCc1ccccc1. The molecule has 0 aliphatic carbocycles. The van der Waals surface area contributed by atoms with E-state index in [4.69, 9.17) is 47.4 Å². The van der Waals surface area contributed by atoms with Gasteiger partial charge in [-0.25, -0.2) is 0 Å². The zero-order valence-electron chi connectivity index (χ0n) is 38.3. The summed E-state index contributed by atoms with van der Waals surface area (Å²) in [7, 11) is 0.